The molecule has 4 atom stereocenters. The molecular formula is C23H27N5O3. The van der Waals surface area contributed by atoms with Gasteiger partial charge in [-0.15, -0.1) is 0 Å². The second-order valence-electron chi connectivity index (χ2n) is 9.92. The van der Waals surface area contributed by atoms with Gasteiger partial charge in [0.15, 0.2) is 6.04 Å². The van der Waals surface area contributed by atoms with Gasteiger partial charge in [-0.1, -0.05) is 38.1 Å². The normalized spacial score (nSPS) is 24.8. The number of aromatic nitrogens is 2. The fraction of sp³-hybridized carbons (Fsp3) is 0.522. The zero-order valence-electron chi connectivity index (χ0n) is 18.4. The quantitative estimate of drug-likeness (QED) is 0.815. The molecule has 1 unspecified atom stereocenters. The second-order valence-corrected chi connectivity index (χ2v) is 9.92. The van der Waals surface area contributed by atoms with E-state index in [4.69, 9.17) is 4.74 Å². The summed E-state index contributed by atoms with van der Waals surface area (Å²) in [6.45, 7) is 10.1. The Morgan fingerprint density at radius 2 is 2.03 bits per heavy atom. The number of likely N-dealkylation sites (tertiary alicyclic amines) is 1. The third kappa shape index (κ3) is 3.69. The van der Waals surface area contributed by atoms with Crippen LogP contribution in [0.15, 0.2) is 30.5 Å². The molecular weight excluding hydrogens is 394 g/mol. The lowest BCUT2D eigenvalue weighted by Gasteiger charge is -2.32. The van der Waals surface area contributed by atoms with E-state index in [1.54, 1.807) is 27.0 Å². The van der Waals surface area contributed by atoms with E-state index in [0.29, 0.717) is 12.2 Å². The van der Waals surface area contributed by atoms with Crippen LogP contribution >= 0.6 is 0 Å². The Kier molecular flexibility index (Phi) is 4.88. The van der Waals surface area contributed by atoms with Gasteiger partial charge in [0.05, 0.1) is 12.3 Å². The highest BCUT2D eigenvalue weighted by Crippen LogP contribution is 2.65. The fourth-order valence-electron chi connectivity index (χ4n) is 4.75. The van der Waals surface area contributed by atoms with Gasteiger partial charge in [-0.05, 0) is 38.0 Å². The Labute approximate surface area is 181 Å². The lowest BCUT2D eigenvalue weighted by molar-refractivity contribution is -0.127. The lowest BCUT2D eigenvalue weighted by Crippen LogP contribution is -2.51. The molecule has 0 bridgehead atoms. The van der Waals surface area contributed by atoms with Crippen molar-refractivity contribution in [2.75, 3.05) is 6.54 Å². The van der Waals surface area contributed by atoms with E-state index in [0.717, 1.165) is 10.8 Å². The van der Waals surface area contributed by atoms with Crippen molar-refractivity contribution in [3.63, 3.8) is 0 Å². The molecule has 1 saturated heterocycles. The van der Waals surface area contributed by atoms with Crippen LogP contribution < -0.4 is 5.32 Å². The summed E-state index contributed by atoms with van der Waals surface area (Å²) in [5, 5.41) is 22.3. The van der Waals surface area contributed by atoms with Crippen LogP contribution in [0.3, 0.4) is 0 Å². The highest BCUT2D eigenvalue weighted by molar-refractivity contribution is 5.89. The number of ether oxygens (including phenoxy) is 1. The summed E-state index contributed by atoms with van der Waals surface area (Å²) >= 11 is 0. The minimum absolute atomic E-state index is 0.0259. The molecule has 0 radical (unpaired) electrons. The Morgan fingerprint density at radius 3 is 2.71 bits per heavy atom. The molecule has 0 spiro atoms. The van der Waals surface area contributed by atoms with Gasteiger partial charge in [0.2, 0.25) is 5.91 Å². The van der Waals surface area contributed by atoms with E-state index in [1.807, 2.05) is 24.3 Å². The van der Waals surface area contributed by atoms with Crippen LogP contribution in [0.25, 0.3) is 10.8 Å². The number of fused-ring (bicyclic) bond motifs is 2. The maximum atomic E-state index is 13.4. The van der Waals surface area contributed by atoms with Crippen molar-refractivity contribution in [1.29, 1.82) is 5.26 Å². The first-order valence-electron chi connectivity index (χ1n) is 10.4. The molecule has 2 fully saturated rings. The maximum Gasteiger partial charge on any atom is 0.410 e. The van der Waals surface area contributed by atoms with E-state index in [9.17, 15) is 14.9 Å². The molecule has 1 aromatic carbocycles. The summed E-state index contributed by atoms with van der Waals surface area (Å²) in [7, 11) is 0. The molecule has 8 nitrogen and oxygen atoms in total. The molecule has 8 heteroatoms. The standard InChI is InChI=1S/C23H27N5O3/c1-22(2,3)31-21(30)28-12-15-17(23(15,4)5)19(28)20(29)26-16(10-24)18-14-9-7-6-8-13(14)11-25-27-18/h6-9,11,15-17,19H,12H2,1-5H3,(H,26,29)/t15-,16?,17-,19-/m0/s1. The van der Waals surface area contributed by atoms with Gasteiger partial charge >= 0.3 is 6.09 Å². The predicted octanol–water partition coefficient (Wildman–Crippen LogP) is 3.20. The van der Waals surface area contributed by atoms with Crippen LogP contribution in [-0.2, 0) is 9.53 Å². The van der Waals surface area contributed by atoms with Gasteiger partial charge in [-0.2, -0.15) is 15.5 Å². The zero-order chi connectivity index (χ0) is 22.6. The average Bonchev–Trinajstić information content (AvgIpc) is 3.04. The number of nitrogens with zero attached hydrogens (tertiary/aromatic N) is 4. The van der Waals surface area contributed by atoms with E-state index < -0.39 is 23.8 Å². The van der Waals surface area contributed by atoms with E-state index in [-0.39, 0.29) is 23.2 Å². The Bertz CT molecular complexity index is 1080. The second kappa shape index (κ2) is 7.19. The number of piperidine rings is 1. The van der Waals surface area contributed by atoms with Crippen LogP contribution in [-0.4, -0.2) is 45.3 Å². The molecule has 2 aromatic rings. The summed E-state index contributed by atoms with van der Waals surface area (Å²) in [5.41, 5.74) is -0.307. The zero-order valence-corrected chi connectivity index (χ0v) is 18.4. The molecule has 1 saturated carbocycles. The first-order chi connectivity index (χ1) is 14.5. The summed E-state index contributed by atoms with van der Waals surface area (Å²) in [6, 6.07) is 7.91. The maximum absolute atomic E-state index is 13.4. The highest BCUT2D eigenvalue weighted by Gasteiger charge is 2.69. The first kappa shape index (κ1) is 21.0. The van der Waals surface area contributed by atoms with Gasteiger partial charge < -0.3 is 10.1 Å². The Balaban J connectivity index is 1.60. The minimum Gasteiger partial charge on any atom is -0.444 e. The number of nitriles is 1. The van der Waals surface area contributed by atoms with Gasteiger partial charge in [0.25, 0.3) is 0 Å². The van der Waals surface area contributed by atoms with Crippen molar-refractivity contribution in [3.05, 3.63) is 36.2 Å². The number of benzene rings is 1. The van der Waals surface area contributed by atoms with Crippen LogP contribution in [0.5, 0.6) is 0 Å². The van der Waals surface area contributed by atoms with Crippen molar-refractivity contribution < 1.29 is 14.3 Å². The number of rotatable bonds is 3. The summed E-state index contributed by atoms with van der Waals surface area (Å²) < 4.78 is 5.53. The molecule has 1 aliphatic carbocycles. The first-order valence-corrected chi connectivity index (χ1v) is 10.4. The minimum atomic E-state index is -0.979. The van der Waals surface area contributed by atoms with Crippen LogP contribution in [0, 0.1) is 28.6 Å². The average molecular weight is 422 g/mol. The third-order valence-corrected chi connectivity index (χ3v) is 6.39. The van der Waals surface area contributed by atoms with Gasteiger partial charge in [0.1, 0.15) is 17.3 Å². The summed E-state index contributed by atoms with van der Waals surface area (Å²) in [5.74, 6) is -0.114. The van der Waals surface area contributed by atoms with Gasteiger partial charge in [-0.25, -0.2) is 4.79 Å². The number of nitrogens with one attached hydrogen (secondary N) is 1. The number of hydrogen-bond donors (Lipinski definition) is 1. The molecule has 1 N–H and O–H groups in total. The van der Waals surface area contributed by atoms with Crippen LogP contribution in [0.4, 0.5) is 4.79 Å². The van der Waals surface area contributed by atoms with Crippen molar-refractivity contribution in [2.24, 2.45) is 17.3 Å². The number of carbonyl (C=O) groups excluding carboxylic acids is 2. The molecule has 2 amide bonds. The Morgan fingerprint density at radius 1 is 1.32 bits per heavy atom. The van der Waals surface area contributed by atoms with Gasteiger partial charge in [0, 0.05) is 17.3 Å². The fourth-order valence-corrected chi connectivity index (χ4v) is 4.75. The smallest absolute Gasteiger partial charge is 0.410 e. The van der Waals surface area contributed by atoms with Gasteiger partial charge in [-0.3, -0.25) is 9.69 Å². The SMILES string of the molecule is CC(C)(C)OC(=O)N1C[C@H]2[C@@H]([C@H]1C(=O)NC(C#N)c1nncc3ccccc13)C2(C)C. The molecule has 2 aliphatic rings. The predicted molar refractivity (Wildman–Crippen MR) is 114 cm³/mol. The third-order valence-electron chi connectivity index (χ3n) is 6.39. The number of amides is 2. The van der Waals surface area contributed by atoms with E-state index >= 15 is 0 Å². The summed E-state index contributed by atoms with van der Waals surface area (Å²) in [4.78, 5) is 27.7. The molecule has 31 heavy (non-hydrogen) atoms. The summed E-state index contributed by atoms with van der Waals surface area (Å²) in [6.07, 6.45) is 1.11. The largest absolute Gasteiger partial charge is 0.444 e. The molecule has 4 rings (SSSR count). The molecule has 2 heterocycles. The monoisotopic (exact) mass is 421 g/mol. The van der Waals surface area contributed by atoms with E-state index in [2.05, 4.69) is 35.4 Å². The van der Waals surface area contributed by atoms with Crippen LogP contribution in [0.2, 0.25) is 0 Å². The van der Waals surface area contributed by atoms with Crippen molar-refractivity contribution in [1.82, 2.24) is 20.4 Å². The Hall–Kier alpha value is -3.21. The van der Waals surface area contributed by atoms with E-state index in [1.165, 1.54) is 4.90 Å². The molecule has 162 valence electrons. The topological polar surface area (TPSA) is 108 Å². The molecule has 1 aromatic heterocycles. The van der Waals surface area contributed by atoms with Crippen molar-refractivity contribution in [2.45, 2.75) is 52.3 Å². The van der Waals surface area contributed by atoms with Crippen LogP contribution in [0.1, 0.15) is 46.4 Å². The highest BCUT2D eigenvalue weighted by atomic mass is 16.6. The lowest BCUT2D eigenvalue weighted by atomic mass is 10.00. The number of hydrogen-bond acceptors (Lipinski definition) is 6. The van der Waals surface area contributed by atoms with Crippen molar-refractivity contribution in [3.8, 4) is 6.07 Å². The number of carbonyl (C=O) groups is 2. The van der Waals surface area contributed by atoms with Crippen molar-refractivity contribution >= 4 is 22.8 Å². The molecule has 1 aliphatic heterocycles.